The van der Waals surface area contributed by atoms with Crippen LogP contribution in [0, 0.1) is 0 Å². The first-order valence-corrected chi connectivity index (χ1v) is 8.74. The maximum atomic E-state index is 12.9. The Bertz CT molecular complexity index is 927. The van der Waals surface area contributed by atoms with E-state index in [2.05, 4.69) is 10.3 Å². The molecule has 0 saturated carbocycles. The van der Waals surface area contributed by atoms with Crippen LogP contribution in [-0.4, -0.2) is 17.5 Å². The molecule has 1 N–H and O–H groups in total. The Morgan fingerprint density at radius 1 is 1.19 bits per heavy atom. The molecule has 1 aliphatic heterocycles. The van der Waals surface area contributed by atoms with Crippen LogP contribution in [0.15, 0.2) is 70.6 Å². The van der Waals surface area contributed by atoms with Gasteiger partial charge in [0.15, 0.2) is 0 Å². The molecule has 5 nitrogen and oxygen atoms in total. The monoisotopic (exact) mass is 348 g/mol. The van der Waals surface area contributed by atoms with Crippen LogP contribution in [0.25, 0.3) is 11.0 Å². The predicted octanol–water partition coefficient (Wildman–Crippen LogP) is 4.12. The Hall–Kier alpha value is -3.08. The third kappa shape index (κ3) is 3.20. The van der Waals surface area contributed by atoms with E-state index < -0.39 is 0 Å². The molecule has 5 heteroatoms. The molecule has 1 aliphatic rings. The topological polar surface area (TPSA) is 64.4 Å². The second-order valence-electron chi connectivity index (χ2n) is 6.36. The molecule has 2 aromatic heterocycles. The Morgan fingerprint density at radius 2 is 2.00 bits per heavy atom. The van der Waals surface area contributed by atoms with E-state index in [1.165, 1.54) is 0 Å². The molecule has 0 saturated heterocycles. The molecule has 0 aliphatic carbocycles. The fourth-order valence-electron chi connectivity index (χ4n) is 3.25. The number of hydrogen-bond donors (Lipinski definition) is 1. The SMILES string of the molecule is CC1=C(C(=O)N[C@H](c2ccncc2)c2cc3ccccc3o2)CCCO1. The van der Waals surface area contributed by atoms with E-state index in [0.29, 0.717) is 23.7 Å². The van der Waals surface area contributed by atoms with Gasteiger partial charge < -0.3 is 14.5 Å². The molecule has 4 rings (SSSR count). The van der Waals surface area contributed by atoms with Gasteiger partial charge in [-0.15, -0.1) is 0 Å². The van der Waals surface area contributed by atoms with E-state index in [0.717, 1.165) is 29.4 Å². The molecule has 0 unspecified atom stereocenters. The van der Waals surface area contributed by atoms with Crippen molar-refractivity contribution in [2.45, 2.75) is 25.8 Å². The molecule has 132 valence electrons. The largest absolute Gasteiger partial charge is 0.498 e. The summed E-state index contributed by atoms with van der Waals surface area (Å²) in [6, 6.07) is 13.2. The molecular weight excluding hydrogens is 328 g/mol. The summed E-state index contributed by atoms with van der Waals surface area (Å²) in [4.78, 5) is 16.9. The van der Waals surface area contributed by atoms with Crippen molar-refractivity contribution in [1.29, 1.82) is 0 Å². The summed E-state index contributed by atoms with van der Waals surface area (Å²) >= 11 is 0. The highest BCUT2D eigenvalue weighted by Gasteiger charge is 2.25. The number of amides is 1. The number of hydrogen-bond acceptors (Lipinski definition) is 4. The molecule has 0 fully saturated rings. The van der Waals surface area contributed by atoms with E-state index in [1.54, 1.807) is 12.4 Å². The van der Waals surface area contributed by atoms with Crippen LogP contribution >= 0.6 is 0 Å². The lowest BCUT2D eigenvalue weighted by molar-refractivity contribution is -0.118. The van der Waals surface area contributed by atoms with Crippen LogP contribution in [-0.2, 0) is 9.53 Å². The molecular formula is C21H20N2O3. The van der Waals surface area contributed by atoms with Crippen molar-refractivity contribution in [3.05, 3.63) is 77.5 Å². The standard InChI is InChI=1S/C21H20N2O3/c1-14-17(6-4-12-25-14)21(24)23-20(15-8-10-22-11-9-15)19-13-16-5-2-3-7-18(16)26-19/h2-3,5,7-11,13,20H,4,6,12H2,1H3,(H,23,24)/t20-/m1/s1. The molecule has 0 spiro atoms. The number of nitrogens with zero attached hydrogens (tertiary/aromatic N) is 1. The number of carbonyl (C=O) groups is 1. The van der Waals surface area contributed by atoms with Gasteiger partial charge in [0.25, 0.3) is 5.91 Å². The average molecular weight is 348 g/mol. The number of para-hydroxylation sites is 1. The molecule has 1 aromatic carbocycles. The van der Waals surface area contributed by atoms with Gasteiger partial charge in [0.2, 0.25) is 0 Å². The van der Waals surface area contributed by atoms with Crippen LogP contribution in [0.2, 0.25) is 0 Å². The molecule has 3 aromatic rings. The second kappa shape index (κ2) is 7.04. The van der Waals surface area contributed by atoms with Gasteiger partial charge in [-0.05, 0) is 49.6 Å². The molecule has 1 amide bonds. The highest BCUT2D eigenvalue weighted by atomic mass is 16.5. The molecule has 0 radical (unpaired) electrons. The highest BCUT2D eigenvalue weighted by molar-refractivity contribution is 5.94. The van der Waals surface area contributed by atoms with Crippen LogP contribution in [0.4, 0.5) is 0 Å². The number of benzene rings is 1. The first-order chi connectivity index (χ1) is 12.7. The summed E-state index contributed by atoms with van der Waals surface area (Å²) in [6.07, 6.45) is 5.00. The van der Waals surface area contributed by atoms with Crippen molar-refractivity contribution in [2.75, 3.05) is 6.61 Å². The van der Waals surface area contributed by atoms with Crippen LogP contribution < -0.4 is 5.32 Å². The molecule has 0 bridgehead atoms. The van der Waals surface area contributed by atoms with Crippen molar-refractivity contribution in [3.8, 4) is 0 Å². The number of aromatic nitrogens is 1. The van der Waals surface area contributed by atoms with Crippen LogP contribution in [0.5, 0.6) is 0 Å². The fourth-order valence-corrected chi connectivity index (χ4v) is 3.25. The lowest BCUT2D eigenvalue weighted by Crippen LogP contribution is -2.32. The minimum Gasteiger partial charge on any atom is -0.498 e. The van der Waals surface area contributed by atoms with Crippen molar-refractivity contribution < 1.29 is 13.9 Å². The third-order valence-corrected chi connectivity index (χ3v) is 4.63. The fraction of sp³-hybridized carbons (Fsp3) is 0.238. The number of furan rings is 1. The number of ether oxygens (including phenoxy) is 1. The molecule has 3 heterocycles. The third-order valence-electron chi connectivity index (χ3n) is 4.63. The summed E-state index contributed by atoms with van der Waals surface area (Å²) < 4.78 is 11.6. The van der Waals surface area contributed by atoms with Crippen molar-refractivity contribution >= 4 is 16.9 Å². The Labute approximate surface area is 151 Å². The average Bonchev–Trinajstić information content (AvgIpc) is 3.11. The number of pyridine rings is 1. The molecule has 26 heavy (non-hydrogen) atoms. The number of rotatable bonds is 4. The lowest BCUT2D eigenvalue weighted by Gasteiger charge is -2.22. The van der Waals surface area contributed by atoms with E-state index in [9.17, 15) is 4.79 Å². The molecule has 1 atom stereocenters. The Balaban J connectivity index is 1.71. The van der Waals surface area contributed by atoms with Gasteiger partial charge in [0.05, 0.1) is 12.2 Å². The van der Waals surface area contributed by atoms with E-state index in [1.807, 2.05) is 49.4 Å². The van der Waals surface area contributed by atoms with Crippen molar-refractivity contribution in [2.24, 2.45) is 0 Å². The number of allylic oxidation sites excluding steroid dienone is 1. The number of nitrogens with one attached hydrogen (secondary N) is 1. The van der Waals surface area contributed by atoms with Gasteiger partial charge in [-0.25, -0.2) is 0 Å². The summed E-state index contributed by atoms with van der Waals surface area (Å²) in [7, 11) is 0. The van der Waals surface area contributed by atoms with Gasteiger partial charge in [-0.1, -0.05) is 18.2 Å². The van der Waals surface area contributed by atoms with Crippen LogP contribution in [0.3, 0.4) is 0 Å². The van der Waals surface area contributed by atoms with E-state index in [4.69, 9.17) is 9.15 Å². The Morgan fingerprint density at radius 3 is 2.77 bits per heavy atom. The summed E-state index contributed by atoms with van der Waals surface area (Å²) in [5.41, 5.74) is 2.42. The van der Waals surface area contributed by atoms with Gasteiger partial charge in [0, 0.05) is 17.8 Å². The predicted molar refractivity (Wildman–Crippen MR) is 98.3 cm³/mol. The van der Waals surface area contributed by atoms with Gasteiger partial charge in [-0.3, -0.25) is 9.78 Å². The summed E-state index contributed by atoms with van der Waals surface area (Å²) in [5.74, 6) is 1.28. The summed E-state index contributed by atoms with van der Waals surface area (Å²) in [5, 5.41) is 4.12. The zero-order valence-electron chi connectivity index (χ0n) is 14.6. The maximum Gasteiger partial charge on any atom is 0.251 e. The first kappa shape index (κ1) is 16.4. The second-order valence-corrected chi connectivity index (χ2v) is 6.36. The minimum atomic E-state index is -0.389. The first-order valence-electron chi connectivity index (χ1n) is 8.74. The van der Waals surface area contributed by atoms with Gasteiger partial charge in [0.1, 0.15) is 23.1 Å². The van der Waals surface area contributed by atoms with Crippen molar-refractivity contribution in [3.63, 3.8) is 0 Å². The normalized spacial score (nSPS) is 15.6. The smallest absolute Gasteiger partial charge is 0.251 e. The number of carbonyl (C=O) groups excluding carboxylic acids is 1. The zero-order chi connectivity index (χ0) is 17.9. The lowest BCUT2D eigenvalue weighted by atomic mass is 10.0. The highest BCUT2D eigenvalue weighted by Crippen LogP contribution is 2.29. The van der Waals surface area contributed by atoms with Crippen molar-refractivity contribution in [1.82, 2.24) is 10.3 Å². The maximum absolute atomic E-state index is 12.9. The quantitative estimate of drug-likeness (QED) is 0.770. The minimum absolute atomic E-state index is 0.121. The summed E-state index contributed by atoms with van der Waals surface area (Å²) in [6.45, 7) is 2.51. The number of fused-ring (bicyclic) bond motifs is 1. The van der Waals surface area contributed by atoms with E-state index >= 15 is 0 Å². The zero-order valence-corrected chi connectivity index (χ0v) is 14.6. The van der Waals surface area contributed by atoms with E-state index in [-0.39, 0.29) is 11.9 Å². The van der Waals surface area contributed by atoms with Gasteiger partial charge in [-0.2, -0.15) is 0 Å². The van der Waals surface area contributed by atoms with Gasteiger partial charge >= 0.3 is 0 Å². The van der Waals surface area contributed by atoms with Crippen LogP contribution in [0.1, 0.15) is 37.1 Å². The Kier molecular flexibility index (Phi) is 4.44.